The van der Waals surface area contributed by atoms with Crippen molar-refractivity contribution in [1.29, 1.82) is 0 Å². The van der Waals surface area contributed by atoms with Crippen LogP contribution in [0.5, 0.6) is 11.5 Å². The number of hydrogen-bond acceptors (Lipinski definition) is 5. The maximum Gasteiger partial charge on any atom is 0.136 e. The summed E-state index contributed by atoms with van der Waals surface area (Å²) in [5, 5.41) is 24.5. The minimum atomic E-state index is 0. The molecule has 5 aromatic carbocycles. The number of phenols is 2. The predicted octanol–water partition coefficient (Wildman–Crippen LogP) is 12.7. The summed E-state index contributed by atoms with van der Waals surface area (Å²) >= 11 is 0. The second kappa shape index (κ2) is 14.0. The van der Waals surface area contributed by atoms with Gasteiger partial charge < -0.3 is 14.6 Å². The summed E-state index contributed by atoms with van der Waals surface area (Å²) in [4.78, 5) is 10.2. The number of para-hydroxylation sites is 1. The van der Waals surface area contributed by atoms with Crippen LogP contribution in [0, 0.1) is 27.7 Å². The first-order valence-electron chi connectivity index (χ1n) is 18.0. The van der Waals surface area contributed by atoms with E-state index in [2.05, 4.69) is 84.9 Å². The first-order chi connectivity index (χ1) is 25.4. The molecule has 3 aromatic heterocycles. The van der Waals surface area contributed by atoms with E-state index in [1.54, 1.807) is 12.1 Å². The summed E-state index contributed by atoms with van der Waals surface area (Å²) in [6, 6.07) is 37.9. The number of aryl methyl sites for hydroxylation is 4. The summed E-state index contributed by atoms with van der Waals surface area (Å²) in [7, 11) is 0. The molecule has 0 aliphatic carbocycles. The molecular weight excluding hydrogens is 848 g/mol. The summed E-state index contributed by atoms with van der Waals surface area (Å²) in [6.45, 7) is 15.2. The van der Waals surface area contributed by atoms with Gasteiger partial charge in [0.2, 0.25) is 0 Å². The molecule has 3 heterocycles. The van der Waals surface area contributed by atoms with Crippen molar-refractivity contribution < 1.29 is 35.7 Å². The molecule has 0 aliphatic heterocycles. The van der Waals surface area contributed by atoms with Crippen LogP contribution in [0.1, 0.15) is 48.6 Å². The van der Waals surface area contributed by atoms with Crippen LogP contribution in [0.25, 0.3) is 78.1 Å². The van der Waals surface area contributed by atoms with Gasteiger partial charge in [-0.05, 0) is 138 Å². The zero-order valence-electron chi connectivity index (χ0n) is 31.5. The Balaban J connectivity index is 0.00000450. The maximum atomic E-state index is 11.5. The molecule has 272 valence electrons. The van der Waals surface area contributed by atoms with Gasteiger partial charge in [0.25, 0.3) is 0 Å². The Morgan fingerprint density at radius 3 is 1.81 bits per heavy atom. The van der Waals surface area contributed by atoms with E-state index in [4.69, 9.17) is 14.4 Å². The molecule has 2 N–H and O–H groups in total. The summed E-state index contributed by atoms with van der Waals surface area (Å²) in [5.74, 6) is 0.271. The first-order valence-corrected chi connectivity index (χ1v) is 18.0. The molecule has 8 aromatic rings. The zero-order valence-corrected chi connectivity index (χ0v) is 33.8. The third kappa shape index (κ3) is 6.63. The normalized spacial score (nSPS) is 11.6. The van der Waals surface area contributed by atoms with Gasteiger partial charge in [0.1, 0.15) is 22.7 Å². The molecule has 0 amide bonds. The number of furan rings is 1. The van der Waals surface area contributed by atoms with Crippen LogP contribution in [-0.4, -0.2) is 20.2 Å². The zero-order chi connectivity index (χ0) is 37.2. The van der Waals surface area contributed by atoms with Gasteiger partial charge >= 0.3 is 0 Å². The van der Waals surface area contributed by atoms with Crippen LogP contribution in [0.2, 0.25) is 0 Å². The first kappa shape index (κ1) is 36.8. The van der Waals surface area contributed by atoms with Crippen LogP contribution in [0.4, 0.5) is 0 Å². The Kier molecular flexibility index (Phi) is 9.58. The minimum absolute atomic E-state index is 0. The van der Waals surface area contributed by atoms with Gasteiger partial charge in [-0.2, -0.15) is 0 Å². The fraction of sp³-hybridized carbons (Fsp3) is 0.167. The van der Waals surface area contributed by atoms with E-state index in [-0.39, 0.29) is 38.0 Å². The minimum Gasteiger partial charge on any atom is -0.507 e. The Hall–Kier alpha value is -5.51. The number of pyridine rings is 2. The van der Waals surface area contributed by atoms with Crippen molar-refractivity contribution in [3.8, 4) is 67.7 Å². The number of aromatic hydroxyl groups is 2. The number of hydrogen-bond donors (Lipinski definition) is 2. The van der Waals surface area contributed by atoms with Gasteiger partial charge in [0.05, 0.1) is 22.8 Å². The predicted molar refractivity (Wildman–Crippen MR) is 217 cm³/mol. The van der Waals surface area contributed by atoms with Crippen LogP contribution in [0.3, 0.4) is 0 Å². The number of nitrogens with zero attached hydrogens (tertiary/aromatic N) is 2. The smallest absolute Gasteiger partial charge is 0.136 e. The van der Waals surface area contributed by atoms with E-state index >= 15 is 0 Å². The topological polar surface area (TPSA) is 79.4 Å². The van der Waals surface area contributed by atoms with Crippen molar-refractivity contribution in [2.75, 3.05) is 0 Å². The third-order valence-electron chi connectivity index (χ3n) is 10.3. The van der Waals surface area contributed by atoms with E-state index in [0.717, 1.165) is 49.7 Å². The molecule has 6 heteroatoms. The molecule has 8 rings (SSSR count). The van der Waals surface area contributed by atoms with Gasteiger partial charge in [-0.3, -0.25) is 0 Å². The van der Waals surface area contributed by atoms with E-state index in [1.165, 1.54) is 16.7 Å². The Morgan fingerprint density at radius 1 is 0.481 bits per heavy atom. The fourth-order valence-electron chi connectivity index (χ4n) is 7.65. The number of phenolic OH excluding ortho intramolecular Hbond substituents is 2. The van der Waals surface area contributed by atoms with Crippen molar-refractivity contribution in [1.82, 2.24) is 9.97 Å². The molecule has 0 fully saturated rings. The average molecular weight is 890 g/mol. The summed E-state index contributed by atoms with van der Waals surface area (Å²) < 4.78 is 6.22. The molecular formula is C48H42N2O3Pt. The van der Waals surface area contributed by atoms with E-state index in [0.29, 0.717) is 39.5 Å². The Labute approximate surface area is 330 Å². The second-order valence-electron chi connectivity index (χ2n) is 15.2. The van der Waals surface area contributed by atoms with E-state index in [1.807, 2.05) is 66.7 Å². The van der Waals surface area contributed by atoms with Crippen molar-refractivity contribution >= 4 is 21.9 Å². The summed E-state index contributed by atoms with van der Waals surface area (Å²) in [6.07, 6.45) is 0. The molecule has 0 saturated heterocycles. The molecule has 0 spiro atoms. The molecule has 5 nitrogen and oxygen atoms in total. The van der Waals surface area contributed by atoms with Crippen molar-refractivity contribution in [2.45, 2.75) is 53.9 Å². The molecule has 0 unspecified atom stereocenters. The van der Waals surface area contributed by atoms with Crippen LogP contribution in [-0.2, 0) is 26.5 Å². The van der Waals surface area contributed by atoms with E-state index < -0.39 is 0 Å². The number of fused-ring (bicyclic) bond motifs is 3. The quantitative estimate of drug-likeness (QED) is 0.180. The Morgan fingerprint density at radius 2 is 1.09 bits per heavy atom. The Bertz CT molecular complexity index is 2690. The molecule has 0 bridgehead atoms. The second-order valence-corrected chi connectivity index (χ2v) is 15.2. The van der Waals surface area contributed by atoms with Crippen molar-refractivity contribution in [2.24, 2.45) is 0 Å². The number of aromatic nitrogens is 2. The van der Waals surface area contributed by atoms with Crippen LogP contribution in [0.15, 0.2) is 120 Å². The van der Waals surface area contributed by atoms with Gasteiger partial charge in [-0.15, -0.1) is 0 Å². The van der Waals surface area contributed by atoms with E-state index in [9.17, 15) is 10.2 Å². The van der Waals surface area contributed by atoms with Gasteiger partial charge in [-0.1, -0.05) is 81.4 Å². The van der Waals surface area contributed by atoms with Gasteiger partial charge in [0.15, 0.2) is 0 Å². The molecule has 0 saturated carbocycles. The average Bonchev–Trinajstić information content (AvgIpc) is 3.48. The molecule has 0 atom stereocenters. The largest absolute Gasteiger partial charge is 0.507 e. The molecule has 54 heavy (non-hydrogen) atoms. The number of benzene rings is 5. The van der Waals surface area contributed by atoms with Gasteiger partial charge in [0, 0.05) is 43.0 Å². The van der Waals surface area contributed by atoms with Crippen molar-refractivity contribution in [3.05, 3.63) is 143 Å². The molecule has 0 radical (unpaired) electrons. The number of rotatable bonds is 5. The standard InChI is InChI=1S/C48H42N2O3.Pt/c1-27-12-10-13-28(2)46(27)32-23-40(37-26-45-35(25-43(37)52)34-14-8-9-17-44(34)53-45)50-41(24-32)39-16-11-15-38(49-39)36-22-31(18-19-42(36)51)47-29(3)20-33(21-30(47)4)48(5,6)7;/h8-26,51-52H,1-7H3;. The SMILES string of the molecule is Cc1cccc(C)c1-c1cc(-c2cccc(-c3cc(-c4c(C)cc(C(C)(C)C)cc4C)ccc3O)n2)nc(-c2cc3oc4ccccc4c3cc2O)c1.[Pt]. The van der Waals surface area contributed by atoms with Gasteiger partial charge in [-0.25, -0.2) is 9.97 Å². The maximum absolute atomic E-state index is 11.5. The fourth-order valence-corrected chi connectivity index (χ4v) is 7.65. The van der Waals surface area contributed by atoms with Crippen LogP contribution < -0.4 is 0 Å². The van der Waals surface area contributed by atoms with Crippen LogP contribution >= 0.6 is 0 Å². The molecule has 0 aliphatic rings. The summed E-state index contributed by atoms with van der Waals surface area (Å²) in [5.41, 5.74) is 15.4. The van der Waals surface area contributed by atoms with Crippen molar-refractivity contribution in [3.63, 3.8) is 0 Å². The third-order valence-corrected chi connectivity index (χ3v) is 10.3. The monoisotopic (exact) mass is 889 g/mol.